The summed E-state index contributed by atoms with van der Waals surface area (Å²) in [6.45, 7) is 1.63. The van der Waals surface area contributed by atoms with E-state index >= 15 is 0 Å². The van der Waals surface area contributed by atoms with E-state index in [0.29, 0.717) is 43.3 Å². The molecule has 4 aromatic rings. The average Bonchev–Trinajstić information content (AvgIpc) is 3.51. The van der Waals surface area contributed by atoms with Gasteiger partial charge in [-0.1, -0.05) is 12.1 Å². The summed E-state index contributed by atoms with van der Waals surface area (Å²) in [5, 5.41) is 5.53. The van der Waals surface area contributed by atoms with Crippen molar-refractivity contribution in [2.75, 3.05) is 32.6 Å². The van der Waals surface area contributed by atoms with Gasteiger partial charge in [0, 0.05) is 36.8 Å². The molecule has 3 heterocycles. The van der Waals surface area contributed by atoms with E-state index in [0.717, 1.165) is 66.0 Å². The second-order valence-electron chi connectivity index (χ2n) is 9.35. The Morgan fingerprint density at radius 1 is 1.22 bits per heavy atom. The number of ketones is 1. The molecule has 0 bridgehead atoms. The van der Waals surface area contributed by atoms with Crippen molar-refractivity contribution in [3.63, 3.8) is 0 Å². The summed E-state index contributed by atoms with van der Waals surface area (Å²) in [6, 6.07) is 7.95. The van der Waals surface area contributed by atoms with Crippen LogP contribution >= 0.6 is 0 Å². The molecule has 5 N–H and O–H groups in total. The molecule has 3 aromatic heterocycles. The van der Waals surface area contributed by atoms with Crippen LogP contribution in [0.2, 0.25) is 0 Å². The zero-order valence-corrected chi connectivity index (χ0v) is 20.6. The minimum atomic E-state index is 0.0994. The van der Waals surface area contributed by atoms with Crippen LogP contribution in [0.3, 0.4) is 0 Å². The molecule has 10 nitrogen and oxygen atoms in total. The number of para-hydroxylation sites is 1. The van der Waals surface area contributed by atoms with Crippen LogP contribution in [0, 0.1) is 5.92 Å². The number of fused-ring (bicyclic) bond motifs is 2. The van der Waals surface area contributed by atoms with Crippen molar-refractivity contribution in [2.24, 2.45) is 11.7 Å². The SMILES string of the molecule is COc1cccc2cc(-c3nc(C4CCC(C(=O)CCCOCCN)CC4)n4ncnc(N)c34)[nH]c12. The smallest absolute Gasteiger partial charge is 0.153 e. The van der Waals surface area contributed by atoms with Crippen molar-refractivity contribution in [1.82, 2.24) is 24.6 Å². The first-order valence-electron chi connectivity index (χ1n) is 12.6. The number of rotatable bonds is 10. The number of nitrogens with two attached hydrogens (primary N) is 2. The molecule has 36 heavy (non-hydrogen) atoms. The Morgan fingerprint density at radius 2 is 2.06 bits per heavy atom. The number of methoxy groups -OCH3 is 1. The van der Waals surface area contributed by atoms with Gasteiger partial charge < -0.3 is 25.9 Å². The van der Waals surface area contributed by atoms with Gasteiger partial charge in [0.2, 0.25) is 0 Å². The molecule has 1 aliphatic carbocycles. The minimum absolute atomic E-state index is 0.0994. The Morgan fingerprint density at radius 3 is 2.83 bits per heavy atom. The summed E-state index contributed by atoms with van der Waals surface area (Å²) in [5.74, 6) is 2.63. The minimum Gasteiger partial charge on any atom is -0.495 e. The van der Waals surface area contributed by atoms with E-state index in [1.165, 1.54) is 6.33 Å². The molecule has 1 fully saturated rings. The quantitative estimate of drug-likeness (QED) is 0.286. The lowest BCUT2D eigenvalue weighted by Gasteiger charge is -2.26. The normalized spacial score (nSPS) is 18.2. The maximum Gasteiger partial charge on any atom is 0.153 e. The molecule has 10 heteroatoms. The van der Waals surface area contributed by atoms with Crippen molar-refractivity contribution in [1.29, 1.82) is 0 Å². The molecule has 0 amide bonds. The number of ether oxygens (including phenoxy) is 2. The molecular formula is C26H33N7O3. The van der Waals surface area contributed by atoms with Crippen molar-refractivity contribution in [3.05, 3.63) is 36.4 Å². The van der Waals surface area contributed by atoms with Gasteiger partial charge in [-0.3, -0.25) is 4.79 Å². The predicted molar refractivity (Wildman–Crippen MR) is 138 cm³/mol. The second-order valence-corrected chi connectivity index (χ2v) is 9.35. The highest BCUT2D eigenvalue weighted by atomic mass is 16.5. The molecule has 0 radical (unpaired) electrons. The van der Waals surface area contributed by atoms with Crippen molar-refractivity contribution >= 4 is 28.0 Å². The van der Waals surface area contributed by atoms with Crippen molar-refractivity contribution < 1.29 is 14.3 Å². The zero-order chi connectivity index (χ0) is 25.1. The number of Topliss-reactive ketones (excluding diaryl/α,β-unsaturated/α-hetero) is 1. The van der Waals surface area contributed by atoms with Gasteiger partial charge in [-0.2, -0.15) is 5.10 Å². The molecule has 0 saturated heterocycles. The van der Waals surface area contributed by atoms with E-state index in [2.05, 4.69) is 15.1 Å². The summed E-state index contributed by atoms with van der Waals surface area (Å²) < 4.78 is 12.7. The summed E-state index contributed by atoms with van der Waals surface area (Å²) in [5.41, 5.74) is 14.9. The number of imidazole rings is 1. The fourth-order valence-electron chi connectivity index (χ4n) is 5.27. The van der Waals surface area contributed by atoms with Gasteiger partial charge >= 0.3 is 0 Å². The Labute approximate surface area is 209 Å². The number of nitrogen functional groups attached to an aromatic ring is 1. The molecule has 1 aliphatic rings. The van der Waals surface area contributed by atoms with Gasteiger partial charge in [0.15, 0.2) is 5.82 Å². The van der Waals surface area contributed by atoms with Crippen LogP contribution in [-0.4, -0.2) is 57.2 Å². The number of aromatic nitrogens is 5. The number of nitrogens with one attached hydrogen (secondary N) is 1. The molecule has 0 aliphatic heterocycles. The van der Waals surface area contributed by atoms with Crippen LogP contribution in [0.15, 0.2) is 30.6 Å². The van der Waals surface area contributed by atoms with Crippen LogP contribution in [0.1, 0.15) is 50.3 Å². The fraction of sp³-hybridized carbons (Fsp3) is 0.462. The van der Waals surface area contributed by atoms with Gasteiger partial charge in [0.05, 0.1) is 24.9 Å². The maximum absolute atomic E-state index is 12.7. The monoisotopic (exact) mass is 491 g/mol. The highest BCUT2D eigenvalue weighted by Crippen LogP contribution is 2.39. The third-order valence-electron chi connectivity index (χ3n) is 7.10. The van der Waals surface area contributed by atoms with Gasteiger partial charge in [-0.25, -0.2) is 14.5 Å². The zero-order valence-electron chi connectivity index (χ0n) is 20.6. The number of benzene rings is 1. The third-order valence-corrected chi connectivity index (χ3v) is 7.10. The number of aromatic amines is 1. The number of H-pyrrole nitrogens is 1. The lowest BCUT2D eigenvalue weighted by Crippen LogP contribution is -2.22. The first kappa shape index (κ1) is 24.2. The summed E-state index contributed by atoms with van der Waals surface area (Å²) in [6.07, 6.45) is 6.23. The van der Waals surface area contributed by atoms with Crippen molar-refractivity contribution in [3.8, 4) is 17.1 Å². The third kappa shape index (κ3) is 4.66. The Hall–Kier alpha value is -3.50. The van der Waals surface area contributed by atoms with Crippen LogP contribution in [0.4, 0.5) is 5.82 Å². The molecule has 0 unspecified atom stereocenters. The van der Waals surface area contributed by atoms with Gasteiger partial charge in [0.1, 0.15) is 34.9 Å². The lowest BCUT2D eigenvalue weighted by atomic mass is 9.79. The molecule has 0 spiro atoms. The standard InChI is InChI=1S/C26H33N7O3/c1-35-21-6-2-4-18-14-19(31-22(18)21)23-24-25(28)29-15-30-33(24)26(32-23)17-9-7-16(8-10-17)20(34)5-3-12-36-13-11-27/h2,4,6,14-17,31H,3,5,7-13,27H2,1H3,(H2,28,29,30). The number of carbonyl (C=O) groups is 1. The number of anilines is 1. The number of nitrogens with zero attached hydrogens (tertiary/aromatic N) is 4. The second kappa shape index (κ2) is 10.6. The summed E-state index contributed by atoms with van der Waals surface area (Å²) in [7, 11) is 1.65. The average molecular weight is 492 g/mol. The highest BCUT2D eigenvalue weighted by Gasteiger charge is 2.31. The van der Waals surface area contributed by atoms with E-state index in [4.69, 9.17) is 25.9 Å². The van der Waals surface area contributed by atoms with E-state index < -0.39 is 0 Å². The Kier molecular flexibility index (Phi) is 7.15. The van der Waals surface area contributed by atoms with Gasteiger partial charge in [0.25, 0.3) is 0 Å². The largest absolute Gasteiger partial charge is 0.495 e. The first-order chi connectivity index (χ1) is 17.6. The maximum atomic E-state index is 12.7. The predicted octanol–water partition coefficient (Wildman–Crippen LogP) is 3.46. The molecular weight excluding hydrogens is 458 g/mol. The molecule has 190 valence electrons. The Balaban J connectivity index is 1.37. The topological polar surface area (TPSA) is 146 Å². The molecule has 0 atom stereocenters. The molecule has 1 saturated carbocycles. The molecule has 1 aromatic carbocycles. The van der Waals surface area contributed by atoms with Crippen LogP contribution in [0.5, 0.6) is 5.75 Å². The van der Waals surface area contributed by atoms with E-state index in [9.17, 15) is 4.79 Å². The fourth-order valence-corrected chi connectivity index (χ4v) is 5.27. The van der Waals surface area contributed by atoms with Gasteiger partial charge in [-0.15, -0.1) is 0 Å². The van der Waals surface area contributed by atoms with Crippen molar-refractivity contribution in [2.45, 2.75) is 44.4 Å². The lowest BCUT2D eigenvalue weighted by molar-refractivity contribution is -0.124. The van der Waals surface area contributed by atoms with Crippen LogP contribution < -0.4 is 16.2 Å². The first-order valence-corrected chi connectivity index (χ1v) is 12.6. The number of hydrogen-bond acceptors (Lipinski definition) is 8. The van der Waals surface area contributed by atoms with E-state index in [1.54, 1.807) is 7.11 Å². The van der Waals surface area contributed by atoms with Crippen LogP contribution in [0.25, 0.3) is 27.8 Å². The molecule has 5 rings (SSSR count). The van der Waals surface area contributed by atoms with E-state index in [1.807, 2.05) is 28.8 Å². The van der Waals surface area contributed by atoms with Crippen LogP contribution in [-0.2, 0) is 9.53 Å². The Bertz CT molecular complexity index is 1350. The summed E-state index contributed by atoms with van der Waals surface area (Å²) >= 11 is 0. The van der Waals surface area contributed by atoms with Gasteiger partial charge in [-0.05, 0) is 44.2 Å². The highest BCUT2D eigenvalue weighted by molar-refractivity contribution is 5.93. The summed E-state index contributed by atoms with van der Waals surface area (Å²) in [4.78, 5) is 25.4. The number of carbonyl (C=O) groups excluding carboxylic acids is 1. The number of hydrogen-bond donors (Lipinski definition) is 3. The van der Waals surface area contributed by atoms with E-state index in [-0.39, 0.29) is 11.8 Å².